The van der Waals surface area contributed by atoms with Gasteiger partial charge in [-0.2, -0.15) is 14.4 Å². The largest absolute Gasteiger partial charge is 0.353 e. The monoisotopic (exact) mass is 423 g/mol. The van der Waals surface area contributed by atoms with E-state index in [1.54, 1.807) is 17.9 Å². The van der Waals surface area contributed by atoms with Crippen molar-refractivity contribution >= 4 is 17.7 Å². The molecule has 1 saturated heterocycles. The summed E-state index contributed by atoms with van der Waals surface area (Å²) < 4.78 is 41.7. The molecule has 2 aromatic heterocycles. The number of halogens is 3. The van der Waals surface area contributed by atoms with E-state index in [0.29, 0.717) is 56.6 Å². The molecule has 1 aliphatic heterocycles. The zero-order chi connectivity index (χ0) is 21.3. The van der Waals surface area contributed by atoms with Crippen molar-refractivity contribution in [3.05, 3.63) is 24.3 Å². The van der Waals surface area contributed by atoms with Crippen molar-refractivity contribution in [2.24, 2.45) is 0 Å². The second-order valence-corrected chi connectivity index (χ2v) is 7.76. The summed E-state index contributed by atoms with van der Waals surface area (Å²) in [6.07, 6.45) is 1.76. The van der Waals surface area contributed by atoms with Crippen LogP contribution in [0.1, 0.15) is 32.6 Å². The summed E-state index contributed by atoms with van der Waals surface area (Å²) in [6, 6.07) is 2.77. The number of hydrogen-bond donors (Lipinski definition) is 1. The first kappa shape index (κ1) is 20.4. The molecule has 0 radical (unpaired) electrons. The number of aromatic nitrogens is 4. The highest BCUT2D eigenvalue weighted by atomic mass is 19.3. The van der Waals surface area contributed by atoms with Gasteiger partial charge in [0.15, 0.2) is 5.82 Å². The molecule has 8 nitrogen and oxygen atoms in total. The minimum atomic E-state index is -2.62. The standard InChI is InChI=1S/C19H24F3N7O/c1-13(30)27-8-10-28(11-9-27)16-12-17(29-7-4-15(20)26-29)25-18(24-16)23-14-2-5-19(21,22)6-3-14/h4,7,12,14H,2-3,5-6,8-11H2,1H3,(H,23,24,25). The van der Waals surface area contributed by atoms with Gasteiger partial charge >= 0.3 is 0 Å². The van der Waals surface area contributed by atoms with Crippen LogP contribution in [-0.4, -0.2) is 68.7 Å². The van der Waals surface area contributed by atoms with Crippen molar-refractivity contribution in [2.45, 2.75) is 44.6 Å². The predicted molar refractivity (Wildman–Crippen MR) is 104 cm³/mol. The number of nitrogens with zero attached hydrogens (tertiary/aromatic N) is 6. The summed E-state index contributed by atoms with van der Waals surface area (Å²) in [5.74, 6) is -1.93. The summed E-state index contributed by atoms with van der Waals surface area (Å²) in [6.45, 7) is 3.88. The van der Waals surface area contributed by atoms with Gasteiger partial charge in [-0.15, -0.1) is 5.10 Å². The molecular formula is C19H24F3N7O. The predicted octanol–water partition coefficient (Wildman–Crippen LogP) is 2.46. The van der Waals surface area contributed by atoms with E-state index in [4.69, 9.17) is 0 Å². The van der Waals surface area contributed by atoms with Gasteiger partial charge in [0, 0.05) is 70.3 Å². The minimum absolute atomic E-state index is 0.0292. The molecule has 0 spiro atoms. The Morgan fingerprint density at radius 3 is 2.40 bits per heavy atom. The van der Waals surface area contributed by atoms with Crippen molar-refractivity contribution in [2.75, 3.05) is 36.4 Å². The Morgan fingerprint density at radius 2 is 1.80 bits per heavy atom. The molecule has 1 aliphatic carbocycles. The fourth-order valence-electron chi connectivity index (χ4n) is 3.81. The molecule has 2 aromatic rings. The topological polar surface area (TPSA) is 79.2 Å². The molecule has 1 amide bonds. The van der Waals surface area contributed by atoms with E-state index in [-0.39, 0.29) is 24.8 Å². The highest BCUT2D eigenvalue weighted by Crippen LogP contribution is 2.34. The van der Waals surface area contributed by atoms with Gasteiger partial charge in [-0.1, -0.05) is 0 Å². The first-order chi connectivity index (χ1) is 14.3. The van der Waals surface area contributed by atoms with Crippen LogP contribution >= 0.6 is 0 Å². The van der Waals surface area contributed by atoms with Crippen LogP contribution in [0.25, 0.3) is 5.82 Å². The van der Waals surface area contributed by atoms with Crippen molar-refractivity contribution < 1.29 is 18.0 Å². The fourth-order valence-corrected chi connectivity index (χ4v) is 3.81. The molecule has 162 valence electrons. The van der Waals surface area contributed by atoms with E-state index in [9.17, 15) is 18.0 Å². The number of anilines is 2. The number of carbonyl (C=O) groups is 1. The molecule has 1 N–H and O–H groups in total. The maximum atomic E-state index is 13.5. The second-order valence-electron chi connectivity index (χ2n) is 7.76. The lowest BCUT2D eigenvalue weighted by Gasteiger charge is -2.35. The number of alkyl halides is 2. The van der Waals surface area contributed by atoms with E-state index in [1.807, 2.05) is 4.90 Å². The summed E-state index contributed by atoms with van der Waals surface area (Å²) in [7, 11) is 0. The van der Waals surface area contributed by atoms with Gasteiger partial charge in [0.1, 0.15) is 5.82 Å². The van der Waals surface area contributed by atoms with Crippen LogP contribution in [0.4, 0.5) is 24.9 Å². The van der Waals surface area contributed by atoms with Crippen LogP contribution in [0, 0.1) is 5.95 Å². The van der Waals surface area contributed by atoms with Crippen LogP contribution in [-0.2, 0) is 4.79 Å². The van der Waals surface area contributed by atoms with E-state index in [1.165, 1.54) is 16.9 Å². The Balaban J connectivity index is 1.56. The second kappa shape index (κ2) is 8.11. The maximum absolute atomic E-state index is 13.5. The third kappa shape index (κ3) is 4.65. The Morgan fingerprint density at radius 1 is 1.13 bits per heavy atom. The van der Waals surface area contributed by atoms with E-state index in [0.717, 1.165) is 0 Å². The molecule has 4 rings (SSSR count). The van der Waals surface area contributed by atoms with Crippen LogP contribution in [0.5, 0.6) is 0 Å². The third-order valence-corrected chi connectivity index (χ3v) is 5.59. The Labute approximate surface area is 172 Å². The summed E-state index contributed by atoms with van der Waals surface area (Å²) in [5, 5.41) is 6.93. The van der Waals surface area contributed by atoms with Crippen LogP contribution < -0.4 is 10.2 Å². The number of piperazine rings is 1. The van der Waals surface area contributed by atoms with Gasteiger partial charge in [-0.3, -0.25) is 4.79 Å². The Bertz CT molecular complexity index is 901. The van der Waals surface area contributed by atoms with E-state index >= 15 is 0 Å². The fraction of sp³-hybridized carbons (Fsp3) is 0.579. The molecule has 0 bridgehead atoms. The lowest BCUT2D eigenvalue weighted by molar-refractivity contribution is -0.129. The molecule has 0 atom stereocenters. The highest BCUT2D eigenvalue weighted by molar-refractivity contribution is 5.73. The summed E-state index contributed by atoms with van der Waals surface area (Å²) >= 11 is 0. The average Bonchev–Trinajstić information content (AvgIpc) is 3.16. The van der Waals surface area contributed by atoms with E-state index < -0.39 is 11.9 Å². The zero-order valence-electron chi connectivity index (χ0n) is 16.7. The molecule has 2 aliphatic rings. The van der Waals surface area contributed by atoms with Crippen LogP contribution in [0.15, 0.2) is 18.3 Å². The van der Waals surface area contributed by atoms with Gasteiger partial charge in [0.25, 0.3) is 0 Å². The molecule has 1 saturated carbocycles. The lowest BCUT2D eigenvalue weighted by Crippen LogP contribution is -2.48. The number of amides is 1. The van der Waals surface area contributed by atoms with Gasteiger partial charge < -0.3 is 15.1 Å². The molecule has 0 aromatic carbocycles. The quantitative estimate of drug-likeness (QED) is 0.814. The van der Waals surface area contributed by atoms with Crippen molar-refractivity contribution in [1.29, 1.82) is 0 Å². The van der Waals surface area contributed by atoms with Gasteiger partial charge in [-0.25, -0.2) is 13.5 Å². The number of rotatable bonds is 4. The normalized spacial score (nSPS) is 19.7. The van der Waals surface area contributed by atoms with E-state index in [2.05, 4.69) is 20.4 Å². The smallest absolute Gasteiger partial charge is 0.248 e. The zero-order valence-corrected chi connectivity index (χ0v) is 16.7. The van der Waals surface area contributed by atoms with Crippen molar-refractivity contribution in [1.82, 2.24) is 24.6 Å². The first-order valence-corrected chi connectivity index (χ1v) is 10.0. The Hall–Kier alpha value is -2.85. The molecule has 0 unspecified atom stereocenters. The molecule has 2 fully saturated rings. The first-order valence-electron chi connectivity index (χ1n) is 10.0. The summed E-state index contributed by atoms with van der Waals surface area (Å²) in [4.78, 5) is 24.3. The third-order valence-electron chi connectivity index (χ3n) is 5.59. The number of hydrogen-bond acceptors (Lipinski definition) is 6. The maximum Gasteiger partial charge on any atom is 0.248 e. The van der Waals surface area contributed by atoms with Gasteiger partial charge in [0.2, 0.25) is 23.7 Å². The average molecular weight is 423 g/mol. The van der Waals surface area contributed by atoms with Crippen LogP contribution in [0.2, 0.25) is 0 Å². The molecule has 11 heteroatoms. The van der Waals surface area contributed by atoms with Gasteiger partial charge in [0.05, 0.1) is 0 Å². The SMILES string of the molecule is CC(=O)N1CCN(c2cc(-n3ccc(F)n3)nc(NC3CCC(F)(F)CC3)n2)CC1. The summed E-state index contributed by atoms with van der Waals surface area (Å²) in [5.41, 5.74) is 0. The van der Waals surface area contributed by atoms with Crippen LogP contribution in [0.3, 0.4) is 0 Å². The molecular weight excluding hydrogens is 399 g/mol. The minimum Gasteiger partial charge on any atom is -0.353 e. The van der Waals surface area contributed by atoms with Crippen molar-refractivity contribution in [3.8, 4) is 5.82 Å². The number of nitrogens with one attached hydrogen (secondary N) is 1. The van der Waals surface area contributed by atoms with Gasteiger partial charge in [-0.05, 0) is 12.8 Å². The lowest BCUT2D eigenvalue weighted by atomic mass is 9.92. The number of carbonyl (C=O) groups excluding carboxylic acids is 1. The molecule has 3 heterocycles. The highest BCUT2D eigenvalue weighted by Gasteiger charge is 2.35. The van der Waals surface area contributed by atoms with Crippen molar-refractivity contribution in [3.63, 3.8) is 0 Å². The Kier molecular flexibility index (Phi) is 5.52. The molecule has 30 heavy (non-hydrogen) atoms.